The Hall–Kier alpha value is -1.73. The molecule has 0 aliphatic carbocycles. The number of hydrogen-bond donors (Lipinski definition) is 0. The number of likely N-dealkylation sites (N-methyl/N-ethyl adjacent to an activating group) is 1. The fourth-order valence-electron chi connectivity index (χ4n) is 1.88. The first-order valence-electron chi connectivity index (χ1n) is 6.16. The van der Waals surface area contributed by atoms with Crippen molar-refractivity contribution in [3.63, 3.8) is 0 Å². The smallest absolute Gasteiger partial charge is 0.269 e. The number of halogens is 1. The summed E-state index contributed by atoms with van der Waals surface area (Å²) in [5.74, 6) is -0.0715. The van der Waals surface area contributed by atoms with Crippen molar-refractivity contribution in [3.05, 3.63) is 60.7 Å². The number of benzene rings is 1. The van der Waals surface area contributed by atoms with Gasteiger partial charge in [0.15, 0.2) is 0 Å². The molecule has 0 bridgehead atoms. The number of rotatable bonds is 5. The fourth-order valence-corrected chi connectivity index (χ4v) is 3.08. The Bertz CT molecular complexity index is 672. The molecule has 0 aliphatic rings. The summed E-state index contributed by atoms with van der Waals surface area (Å²) in [6.45, 7) is 0.524. The van der Waals surface area contributed by atoms with Crippen molar-refractivity contribution in [3.8, 4) is 0 Å². The molecule has 110 valence electrons. The van der Waals surface area contributed by atoms with Gasteiger partial charge in [0.1, 0.15) is 0 Å². The quantitative estimate of drug-likeness (QED) is 0.597. The van der Waals surface area contributed by atoms with Crippen LogP contribution in [0.1, 0.15) is 11.1 Å². The van der Waals surface area contributed by atoms with Gasteiger partial charge in [-0.25, -0.2) is 0 Å². The minimum absolute atomic E-state index is 0.00437. The van der Waals surface area contributed by atoms with Crippen molar-refractivity contribution in [2.24, 2.45) is 0 Å². The lowest BCUT2D eigenvalue weighted by Crippen LogP contribution is -2.27. The Kier molecular flexibility index (Phi) is 5.08. The van der Waals surface area contributed by atoms with E-state index in [0.29, 0.717) is 12.1 Å². The molecule has 2 rings (SSSR count). The maximum absolute atomic E-state index is 12.2. The van der Waals surface area contributed by atoms with Crippen molar-refractivity contribution >= 4 is 38.9 Å². The average molecular weight is 369 g/mol. The molecular formula is C14H13BrN2O3S. The van der Waals surface area contributed by atoms with Crippen molar-refractivity contribution in [1.29, 1.82) is 0 Å². The van der Waals surface area contributed by atoms with E-state index in [4.69, 9.17) is 0 Å². The molecule has 0 N–H and O–H groups in total. The minimum Gasteiger partial charge on any atom is -0.341 e. The maximum atomic E-state index is 12.2. The summed E-state index contributed by atoms with van der Waals surface area (Å²) in [7, 11) is 1.73. The minimum atomic E-state index is -0.458. The van der Waals surface area contributed by atoms with E-state index in [9.17, 15) is 14.9 Å². The molecule has 21 heavy (non-hydrogen) atoms. The summed E-state index contributed by atoms with van der Waals surface area (Å²) in [4.78, 5) is 24.0. The third-order valence-electron chi connectivity index (χ3n) is 2.94. The Morgan fingerprint density at radius 1 is 1.38 bits per heavy atom. The van der Waals surface area contributed by atoms with Crippen LogP contribution < -0.4 is 0 Å². The second kappa shape index (κ2) is 6.82. The number of non-ortho nitro benzene ring substituents is 1. The first-order valence-corrected chi connectivity index (χ1v) is 7.83. The van der Waals surface area contributed by atoms with Crippen LogP contribution in [0, 0.1) is 10.1 Å². The summed E-state index contributed by atoms with van der Waals surface area (Å²) in [6.07, 6.45) is 0.156. The summed E-state index contributed by atoms with van der Waals surface area (Å²) in [6, 6.07) is 8.14. The highest BCUT2D eigenvalue weighted by Crippen LogP contribution is 2.21. The second-order valence-corrected chi connectivity index (χ2v) is 6.90. The van der Waals surface area contributed by atoms with E-state index in [1.807, 2.05) is 11.4 Å². The molecule has 2 aromatic rings. The largest absolute Gasteiger partial charge is 0.341 e. The molecule has 0 saturated heterocycles. The van der Waals surface area contributed by atoms with Crippen LogP contribution in [0.2, 0.25) is 0 Å². The summed E-state index contributed by atoms with van der Waals surface area (Å²) >= 11 is 4.96. The first-order chi connectivity index (χ1) is 9.95. The number of amides is 1. The molecule has 1 heterocycles. The Labute approximate surface area is 134 Å². The molecule has 0 spiro atoms. The molecule has 0 radical (unpaired) electrons. The third-order valence-corrected chi connectivity index (χ3v) is 4.50. The normalized spacial score (nSPS) is 10.4. The van der Waals surface area contributed by atoms with Gasteiger partial charge in [-0.15, -0.1) is 11.3 Å². The van der Waals surface area contributed by atoms with Gasteiger partial charge in [0.05, 0.1) is 15.1 Å². The number of nitrogens with zero attached hydrogens (tertiary/aromatic N) is 2. The van der Waals surface area contributed by atoms with Gasteiger partial charge in [0.25, 0.3) is 5.69 Å². The SMILES string of the molecule is CN(Cc1csc(Br)c1)C(=O)Cc1cccc([N+](=O)[O-])c1. The molecule has 0 unspecified atom stereocenters. The highest BCUT2D eigenvalue weighted by Gasteiger charge is 2.13. The molecular weight excluding hydrogens is 356 g/mol. The van der Waals surface area contributed by atoms with Crippen LogP contribution in [-0.4, -0.2) is 22.8 Å². The molecule has 1 aromatic heterocycles. The highest BCUT2D eigenvalue weighted by atomic mass is 79.9. The average Bonchev–Trinajstić information content (AvgIpc) is 2.84. The topological polar surface area (TPSA) is 63.5 Å². The molecule has 1 aromatic carbocycles. The number of thiophene rings is 1. The molecule has 0 fully saturated rings. The predicted octanol–water partition coefficient (Wildman–Crippen LogP) is 3.62. The van der Waals surface area contributed by atoms with Gasteiger partial charge < -0.3 is 4.90 Å². The summed E-state index contributed by atoms with van der Waals surface area (Å²) in [5, 5.41) is 12.7. The van der Waals surface area contributed by atoms with Crippen LogP contribution in [0.25, 0.3) is 0 Å². The van der Waals surface area contributed by atoms with E-state index < -0.39 is 4.92 Å². The van der Waals surface area contributed by atoms with Crippen molar-refractivity contribution in [2.45, 2.75) is 13.0 Å². The lowest BCUT2D eigenvalue weighted by molar-refractivity contribution is -0.384. The first kappa shape index (κ1) is 15.7. The van der Waals surface area contributed by atoms with Crippen LogP contribution in [0.5, 0.6) is 0 Å². The Balaban J connectivity index is 2.00. The van der Waals surface area contributed by atoms with Crippen molar-refractivity contribution in [2.75, 3.05) is 7.05 Å². The van der Waals surface area contributed by atoms with Gasteiger partial charge >= 0.3 is 0 Å². The lowest BCUT2D eigenvalue weighted by atomic mass is 10.1. The van der Waals surface area contributed by atoms with Crippen LogP contribution in [0.4, 0.5) is 5.69 Å². The van der Waals surface area contributed by atoms with Crippen molar-refractivity contribution in [1.82, 2.24) is 4.90 Å². The van der Waals surface area contributed by atoms with Crippen LogP contribution in [-0.2, 0) is 17.8 Å². The zero-order valence-electron chi connectivity index (χ0n) is 11.3. The predicted molar refractivity (Wildman–Crippen MR) is 85.3 cm³/mol. The van der Waals surface area contributed by atoms with Crippen LogP contribution >= 0.6 is 27.3 Å². The van der Waals surface area contributed by atoms with E-state index in [-0.39, 0.29) is 18.0 Å². The van der Waals surface area contributed by atoms with Gasteiger partial charge in [-0.3, -0.25) is 14.9 Å². The van der Waals surface area contributed by atoms with E-state index in [0.717, 1.165) is 9.35 Å². The van der Waals surface area contributed by atoms with Gasteiger partial charge in [0, 0.05) is 25.7 Å². The summed E-state index contributed by atoms with van der Waals surface area (Å²) in [5.41, 5.74) is 1.71. The molecule has 5 nitrogen and oxygen atoms in total. The Morgan fingerprint density at radius 2 is 2.14 bits per heavy atom. The zero-order chi connectivity index (χ0) is 15.4. The molecule has 1 amide bonds. The number of nitro benzene ring substituents is 1. The number of nitro groups is 1. The number of carbonyl (C=O) groups is 1. The van der Waals surface area contributed by atoms with E-state index >= 15 is 0 Å². The van der Waals surface area contributed by atoms with Crippen LogP contribution in [0.15, 0.2) is 39.5 Å². The Morgan fingerprint density at radius 3 is 2.76 bits per heavy atom. The molecule has 0 aliphatic heterocycles. The highest BCUT2D eigenvalue weighted by molar-refractivity contribution is 9.11. The maximum Gasteiger partial charge on any atom is 0.269 e. The van der Waals surface area contributed by atoms with E-state index in [1.165, 1.54) is 12.1 Å². The van der Waals surface area contributed by atoms with E-state index in [2.05, 4.69) is 15.9 Å². The second-order valence-electron chi connectivity index (χ2n) is 4.61. The van der Waals surface area contributed by atoms with Gasteiger partial charge in [-0.1, -0.05) is 12.1 Å². The molecule has 0 saturated carbocycles. The third kappa shape index (κ3) is 4.37. The summed E-state index contributed by atoms with van der Waals surface area (Å²) < 4.78 is 1.03. The van der Waals surface area contributed by atoms with Gasteiger partial charge in [0.2, 0.25) is 5.91 Å². The standard InChI is InChI=1S/C14H13BrN2O3S/c1-16(8-11-6-13(15)21-9-11)14(18)7-10-3-2-4-12(5-10)17(19)20/h2-6,9H,7-8H2,1H3. The molecule has 0 atom stereocenters. The van der Waals surface area contributed by atoms with Gasteiger partial charge in [-0.05, 0) is 38.5 Å². The van der Waals surface area contributed by atoms with Crippen molar-refractivity contribution < 1.29 is 9.72 Å². The molecule has 7 heteroatoms. The van der Waals surface area contributed by atoms with Crippen LogP contribution in [0.3, 0.4) is 0 Å². The number of hydrogen-bond acceptors (Lipinski definition) is 4. The zero-order valence-corrected chi connectivity index (χ0v) is 13.7. The lowest BCUT2D eigenvalue weighted by Gasteiger charge is -2.16. The van der Waals surface area contributed by atoms with Gasteiger partial charge in [-0.2, -0.15) is 0 Å². The monoisotopic (exact) mass is 368 g/mol. The van der Waals surface area contributed by atoms with E-state index in [1.54, 1.807) is 35.4 Å². The number of carbonyl (C=O) groups excluding carboxylic acids is 1. The fraction of sp³-hybridized carbons (Fsp3) is 0.214.